The molecule has 0 radical (unpaired) electrons. The van der Waals surface area contributed by atoms with Crippen molar-refractivity contribution in [3.05, 3.63) is 180 Å². The number of hydrogen-bond donors (Lipinski definition) is 2. The Morgan fingerprint density at radius 1 is 0.531 bits per heavy atom. The number of hydrogen-bond acceptors (Lipinski definition) is 4. The fraction of sp³-hybridized carbons (Fsp3) is 0.0222. The first-order valence-corrected chi connectivity index (χ1v) is 16.5. The van der Waals surface area contributed by atoms with Crippen molar-refractivity contribution >= 4 is 33.4 Å². The van der Waals surface area contributed by atoms with Gasteiger partial charge in [-0.3, -0.25) is 4.99 Å². The predicted molar refractivity (Wildman–Crippen MR) is 198 cm³/mol. The average Bonchev–Trinajstić information content (AvgIpc) is 3.62. The highest BCUT2D eigenvalue weighted by atomic mass is 16.3. The molecule has 1 spiro atoms. The lowest BCUT2D eigenvalue weighted by atomic mass is 9.70. The Hall–Kier alpha value is -6.52. The predicted octanol–water partition coefficient (Wildman–Crippen LogP) is 10.6. The van der Waals surface area contributed by atoms with Gasteiger partial charge >= 0.3 is 0 Å². The first-order chi connectivity index (χ1) is 24.1. The Kier molecular flexibility index (Phi) is 5.76. The summed E-state index contributed by atoms with van der Waals surface area (Å²) in [6.45, 7) is 0. The molecule has 2 N–H and O–H groups in total. The van der Waals surface area contributed by atoms with Gasteiger partial charge in [0.15, 0.2) is 0 Å². The van der Waals surface area contributed by atoms with Gasteiger partial charge in [0.05, 0.1) is 28.7 Å². The van der Waals surface area contributed by atoms with E-state index in [9.17, 15) is 10.2 Å². The number of phenolic OH excluding ortho intramolecular Hbond substituents is 2. The van der Waals surface area contributed by atoms with E-state index in [1.807, 2.05) is 60.7 Å². The zero-order valence-electron chi connectivity index (χ0n) is 26.3. The van der Waals surface area contributed by atoms with Crippen LogP contribution < -0.4 is 0 Å². The lowest BCUT2D eigenvalue weighted by molar-refractivity contribution is 0.478. The summed E-state index contributed by atoms with van der Waals surface area (Å²) in [5.41, 5.74) is 11.2. The van der Waals surface area contributed by atoms with Gasteiger partial charge in [-0.05, 0) is 74.0 Å². The van der Waals surface area contributed by atoms with Crippen LogP contribution in [0, 0.1) is 0 Å². The molecule has 0 amide bonds. The number of pyridine rings is 1. The molecule has 10 rings (SSSR count). The molecular weight excluding hydrogens is 601 g/mol. The maximum atomic E-state index is 12.5. The molecule has 0 aliphatic heterocycles. The van der Waals surface area contributed by atoms with Crippen molar-refractivity contribution in [3.63, 3.8) is 0 Å². The fourth-order valence-electron chi connectivity index (χ4n) is 8.39. The van der Waals surface area contributed by atoms with Crippen LogP contribution in [-0.2, 0) is 5.41 Å². The van der Waals surface area contributed by atoms with Crippen LogP contribution >= 0.6 is 0 Å². The van der Waals surface area contributed by atoms with E-state index in [2.05, 4.69) is 84.9 Å². The minimum atomic E-state index is -0.539. The molecule has 7 aromatic carbocycles. The SMILES string of the molecule is Oc1c(-c2nc(C=Nc3cccc4cccc(O)c34)cc3ccccc23)ccc2c1-c1ccccc1C21c2ccccc2-c2ccccc21. The molecule has 1 aromatic heterocycles. The molecule has 2 aliphatic carbocycles. The molecule has 8 aromatic rings. The van der Waals surface area contributed by atoms with Crippen molar-refractivity contribution in [2.75, 3.05) is 0 Å². The summed E-state index contributed by atoms with van der Waals surface area (Å²) in [7, 11) is 0. The van der Waals surface area contributed by atoms with E-state index in [-0.39, 0.29) is 11.5 Å². The largest absolute Gasteiger partial charge is 0.507 e. The highest BCUT2D eigenvalue weighted by Gasteiger charge is 2.52. The molecule has 1 heterocycles. The first-order valence-electron chi connectivity index (χ1n) is 16.5. The summed E-state index contributed by atoms with van der Waals surface area (Å²) in [6, 6.07) is 51.4. The highest BCUT2D eigenvalue weighted by molar-refractivity contribution is 6.04. The van der Waals surface area contributed by atoms with E-state index in [4.69, 9.17) is 9.98 Å². The van der Waals surface area contributed by atoms with Crippen LogP contribution in [0.3, 0.4) is 0 Å². The standard InChI is InChI=1S/C45H28N2O2/c48-40-22-10-13-27-12-9-21-39(41(27)40)46-26-29-25-28-11-1-2-14-30(28)43(47-29)34-23-24-38-42(44(34)49)33-17-5-8-20-37(33)45(38)35-18-6-3-15-31(35)32-16-4-7-19-36(32)45/h1-26,48-49H. The second-order valence-electron chi connectivity index (χ2n) is 12.8. The minimum absolute atomic E-state index is 0.186. The molecular formula is C45H28N2O2. The zero-order chi connectivity index (χ0) is 32.7. The van der Waals surface area contributed by atoms with E-state index in [1.54, 1.807) is 12.3 Å². The van der Waals surface area contributed by atoms with Crippen molar-refractivity contribution < 1.29 is 10.2 Å². The molecule has 0 bridgehead atoms. The van der Waals surface area contributed by atoms with Crippen LogP contribution in [-0.4, -0.2) is 21.4 Å². The van der Waals surface area contributed by atoms with Gasteiger partial charge in [-0.15, -0.1) is 0 Å². The maximum absolute atomic E-state index is 12.5. The van der Waals surface area contributed by atoms with Crippen LogP contribution in [0.1, 0.15) is 27.9 Å². The smallest absolute Gasteiger partial charge is 0.133 e. The topological polar surface area (TPSA) is 65.7 Å². The Morgan fingerprint density at radius 3 is 1.90 bits per heavy atom. The lowest BCUT2D eigenvalue weighted by Gasteiger charge is -2.30. The second kappa shape index (κ2) is 10.2. The van der Waals surface area contributed by atoms with E-state index in [1.165, 1.54) is 27.8 Å². The normalized spacial score (nSPS) is 13.6. The van der Waals surface area contributed by atoms with E-state index >= 15 is 0 Å². The number of aromatic hydroxyl groups is 2. The van der Waals surface area contributed by atoms with Gasteiger partial charge in [0.1, 0.15) is 11.5 Å². The third kappa shape index (κ3) is 3.74. The number of aromatic nitrogens is 1. The number of nitrogens with zero attached hydrogens (tertiary/aromatic N) is 2. The van der Waals surface area contributed by atoms with Gasteiger partial charge in [0.2, 0.25) is 0 Å². The Labute approximate surface area is 283 Å². The van der Waals surface area contributed by atoms with Crippen molar-refractivity contribution in [2.45, 2.75) is 5.41 Å². The molecule has 0 unspecified atom stereocenters. The number of rotatable bonds is 3. The average molecular weight is 629 g/mol. The lowest BCUT2D eigenvalue weighted by Crippen LogP contribution is -2.25. The third-order valence-electron chi connectivity index (χ3n) is 10.3. The van der Waals surface area contributed by atoms with E-state index in [0.29, 0.717) is 28.0 Å². The van der Waals surface area contributed by atoms with Gasteiger partial charge in [-0.2, -0.15) is 0 Å². The Balaban J connectivity index is 1.20. The Bertz CT molecular complexity index is 2660. The van der Waals surface area contributed by atoms with Crippen LogP contribution in [0.2, 0.25) is 0 Å². The monoisotopic (exact) mass is 628 g/mol. The molecule has 0 atom stereocenters. The molecule has 49 heavy (non-hydrogen) atoms. The second-order valence-corrected chi connectivity index (χ2v) is 12.8. The van der Waals surface area contributed by atoms with Gasteiger partial charge < -0.3 is 10.2 Å². The van der Waals surface area contributed by atoms with E-state index in [0.717, 1.165) is 32.8 Å². The summed E-state index contributed by atoms with van der Waals surface area (Å²) < 4.78 is 0. The van der Waals surface area contributed by atoms with Crippen molar-refractivity contribution in [1.82, 2.24) is 4.98 Å². The highest BCUT2D eigenvalue weighted by Crippen LogP contribution is 2.64. The molecule has 230 valence electrons. The minimum Gasteiger partial charge on any atom is -0.507 e. The summed E-state index contributed by atoms with van der Waals surface area (Å²) in [5.74, 6) is 0.403. The quantitative estimate of drug-likeness (QED) is 0.191. The van der Waals surface area contributed by atoms with Crippen LogP contribution in [0.5, 0.6) is 11.5 Å². The molecule has 4 heteroatoms. The Morgan fingerprint density at radius 2 is 1.14 bits per heavy atom. The summed E-state index contributed by atoms with van der Waals surface area (Å²) in [4.78, 5) is 9.92. The van der Waals surface area contributed by atoms with Crippen molar-refractivity contribution in [1.29, 1.82) is 0 Å². The first kappa shape index (κ1) is 27.6. The summed E-state index contributed by atoms with van der Waals surface area (Å²) >= 11 is 0. The third-order valence-corrected chi connectivity index (χ3v) is 10.3. The summed E-state index contributed by atoms with van der Waals surface area (Å²) in [6.07, 6.45) is 1.73. The van der Waals surface area contributed by atoms with E-state index < -0.39 is 5.41 Å². The van der Waals surface area contributed by atoms with Crippen molar-refractivity contribution in [2.24, 2.45) is 4.99 Å². The number of fused-ring (bicyclic) bond motifs is 12. The number of benzene rings is 7. The van der Waals surface area contributed by atoms with Gasteiger partial charge in [-0.25, -0.2) is 4.98 Å². The molecule has 2 aliphatic rings. The van der Waals surface area contributed by atoms with Crippen LogP contribution in [0.4, 0.5) is 5.69 Å². The zero-order valence-corrected chi connectivity index (χ0v) is 26.3. The molecule has 4 nitrogen and oxygen atoms in total. The van der Waals surface area contributed by atoms with Gasteiger partial charge in [-0.1, -0.05) is 127 Å². The van der Waals surface area contributed by atoms with Crippen LogP contribution in [0.15, 0.2) is 157 Å². The molecule has 0 saturated heterocycles. The number of phenols is 2. The van der Waals surface area contributed by atoms with Gasteiger partial charge in [0.25, 0.3) is 0 Å². The molecule has 0 saturated carbocycles. The van der Waals surface area contributed by atoms with Crippen LogP contribution in [0.25, 0.3) is 55.1 Å². The fourth-order valence-corrected chi connectivity index (χ4v) is 8.39. The molecule has 0 fully saturated rings. The maximum Gasteiger partial charge on any atom is 0.133 e. The van der Waals surface area contributed by atoms with Crippen molar-refractivity contribution in [3.8, 4) is 45.0 Å². The van der Waals surface area contributed by atoms with Gasteiger partial charge in [0, 0.05) is 21.9 Å². The number of aliphatic imine (C=N–C) groups is 1. The summed E-state index contributed by atoms with van der Waals surface area (Å²) in [5, 5.41) is 26.6.